The van der Waals surface area contributed by atoms with Gasteiger partial charge in [0, 0.05) is 11.9 Å². The molecule has 15 heavy (non-hydrogen) atoms. The smallest absolute Gasteiger partial charge is 0.206 e. The number of thiophene rings is 1. The minimum atomic E-state index is -3.47. The van der Waals surface area contributed by atoms with Crippen molar-refractivity contribution in [3.05, 3.63) is 16.0 Å². The Balaban J connectivity index is 2.96. The molecule has 7 heteroatoms. The van der Waals surface area contributed by atoms with Crippen LogP contribution >= 0.6 is 34.5 Å². The van der Waals surface area contributed by atoms with E-state index < -0.39 is 10.0 Å². The number of alkyl halides is 1. The van der Waals surface area contributed by atoms with Crippen LogP contribution in [0.25, 0.3) is 0 Å². The second-order valence-electron chi connectivity index (χ2n) is 3.20. The summed E-state index contributed by atoms with van der Waals surface area (Å²) in [6.45, 7) is 3.47. The maximum Gasteiger partial charge on any atom is 0.250 e. The van der Waals surface area contributed by atoms with Crippen molar-refractivity contribution in [2.45, 2.75) is 24.1 Å². The molecule has 3 nitrogen and oxygen atoms in total. The zero-order chi connectivity index (χ0) is 11.6. The molecular formula is C8H11Cl2NO2S2. The lowest BCUT2D eigenvalue weighted by molar-refractivity contribution is 0.572. The van der Waals surface area contributed by atoms with Crippen molar-refractivity contribution in [1.29, 1.82) is 0 Å². The Hall–Kier alpha value is 0.190. The van der Waals surface area contributed by atoms with E-state index in [0.29, 0.717) is 4.34 Å². The van der Waals surface area contributed by atoms with Gasteiger partial charge in [-0.05, 0) is 25.5 Å². The zero-order valence-corrected chi connectivity index (χ0v) is 11.4. The molecule has 1 rings (SSSR count). The third-order valence-corrected chi connectivity index (χ3v) is 5.77. The molecule has 0 spiro atoms. The van der Waals surface area contributed by atoms with Gasteiger partial charge in [0.2, 0.25) is 10.0 Å². The van der Waals surface area contributed by atoms with E-state index in [9.17, 15) is 8.42 Å². The van der Waals surface area contributed by atoms with Gasteiger partial charge in [-0.2, -0.15) is 0 Å². The van der Waals surface area contributed by atoms with E-state index in [2.05, 4.69) is 4.72 Å². The first-order chi connectivity index (χ1) is 6.86. The first kappa shape index (κ1) is 13.3. The normalized spacial score (nSPS) is 14.1. The average Bonchev–Trinajstić information content (AvgIpc) is 2.47. The van der Waals surface area contributed by atoms with Crippen molar-refractivity contribution in [2.75, 3.05) is 5.88 Å². The maximum absolute atomic E-state index is 11.7. The molecule has 0 aliphatic rings. The Morgan fingerprint density at radius 3 is 2.60 bits per heavy atom. The van der Waals surface area contributed by atoms with Crippen LogP contribution in [0.5, 0.6) is 0 Å². The number of sulfonamides is 1. The predicted octanol–water partition coefficient (Wildman–Crippen LogP) is 2.62. The molecule has 0 aromatic carbocycles. The Morgan fingerprint density at radius 1 is 1.60 bits per heavy atom. The van der Waals surface area contributed by atoms with Gasteiger partial charge in [-0.25, -0.2) is 13.1 Å². The number of aryl methyl sites for hydroxylation is 1. The number of halogens is 2. The van der Waals surface area contributed by atoms with Crippen molar-refractivity contribution in [3.63, 3.8) is 0 Å². The summed E-state index contributed by atoms with van der Waals surface area (Å²) in [5.41, 5.74) is 0.764. The number of rotatable bonds is 4. The maximum atomic E-state index is 11.7. The summed E-state index contributed by atoms with van der Waals surface area (Å²) in [5.74, 6) is 0.233. The van der Waals surface area contributed by atoms with E-state index in [0.717, 1.165) is 16.9 Å². The minimum Gasteiger partial charge on any atom is -0.206 e. The van der Waals surface area contributed by atoms with Crippen LogP contribution in [0.15, 0.2) is 10.3 Å². The van der Waals surface area contributed by atoms with Crippen LogP contribution in [0.3, 0.4) is 0 Å². The molecule has 0 amide bonds. The Kier molecular flexibility index (Phi) is 4.43. The zero-order valence-electron chi connectivity index (χ0n) is 8.25. The van der Waals surface area contributed by atoms with E-state index in [4.69, 9.17) is 23.2 Å². The molecule has 0 saturated heterocycles. The SMILES string of the molecule is Cc1cc(S(=O)(=O)NC(C)CCl)sc1Cl. The predicted molar refractivity (Wildman–Crippen MR) is 64.6 cm³/mol. The highest BCUT2D eigenvalue weighted by atomic mass is 35.5. The first-order valence-electron chi connectivity index (χ1n) is 4.21. The molecule has 1 aromatic heterocycles. The van der Waals surface area contributed by atoms with Crippen LogP contribution in [0, 0.1) is 6.92 Å². The standard InChI is InChI=1S/C8H11Cl2NO2S2/c1-5-3-7(14-8(5)10)15(12,13)11-6(2)4-9/h3,6,11H,4H2,1-2H3. The van der Waals surface area contributed by atoms with Crippen LogP contribution in [0.4, 0.5) is 0 Å². The highest BCUT2D eigenvalue weighted by Crippen LogP contribution is 2.29. The van der Waals surface area contributed by atoms with Gasteiger partial charge in [-0.1, -0.05) is 11.6 Å². The largest absolute Gasteiger partial charge is 0.250 e. The minimum absolute atomic E-state index is 0.224. The molecule has 0 aliphatic carbocycles. The lowest BCUT2D eigenvalue weighted by Crippen LogP contribution is -2.33. The summed E-state index contributed by atoms with van der Waals surface area (Å²) >= 11 is 12.4. The van der Waals surface area contributed by atoms with Gasteiger partial charge in [-0.3, -0.25) is 0 Å². The van der Waals surface area contributed by atoms with E-state index in [1.807, 2.05) is 0 Å². The molecule has 0 fully saturated rings. The average molecular weight is 288 g/mol. The highest BCUT2D eigenvalue weighted by molar-refractivity contribution is 7.91. The molecule has 1 N–H and O–H groups in total. The summed E-state index contributed by atoms with van der Waals surface area (Å²) in [6.07, 6.45) is 0. The lowest BCUT2D eigenvalue weighted by Gasteiger charge is -2.09. The lowest BCUT2D eigenvalue weighted by atomic mass is 10.4. The van der Waals surface area contributed by atoms with Crippen LogP contribution in [0.1, 0.15) is 12.5 Å². The molecule has 1 aromatic rings. The third kappa shape index (κ3) is 3.32. The first-order valence-corrected chi connectivity index (χ1v) is 7.42. The van der Waals surface area contributed by atoms with Gasteiger partial charge in [0.15, 0.2) is 0 Å². The summed E-state index contributed by atoms with van der Waals surface area (Å²) in [6, 6.07) is 1.26. The molecule has 0 saturated carbocycles. The number of nitrogens with one attached hydrogen (secondary N) is 1. The monoisotopic (exact) mass is 287 g/mol. The van der Waals surface area contributed by atoms with Gasteiger partial charge in [-0.15, -0.1) is 22.9 Å². The summed E-state index contributed by atoms with van der Waals surface area (Å²) in [5, 5.41) is 0. The number of hydrogen-bond donors (Lipinski definition) is 1. The summed E-state index contributed by atoms with van der Waals surface area (Å²) < 4.78 is 26.7. The van der Waals surface area contributed by atoms with E-state index in [1.54, 1.807) is 19.9 Å². The van der Waals surface area contributed by atoms with Crippen molar-refractivity contribution >= 4 is 44.6 Å². The number of hydrogen-bond acceptors (Lipinski definition) is 3. The molecule has 1 unspecified atom stereocenters. The highest BCUT2D eigenvalue weighted by Gasteiger charge is 2.20. The third-order valence-electron chi connectivity index (χ3n) is 1.69. The van der Waals surface area contributed by atoms with Crippen molar-refractivity contribution in [3.8, 4) is 0 Å². The summed E-state index contributed by atoms with van der Waals surface area (Å²) in [4.78, 5) is 0. The van der Waals surface area contributed by atoms with Crippen LogP contribution < -0.4 is 4.72 Å². The fourth-order valence-corrected chi connectivity index (χ4v) is 4.05. The van der Waals surface area contributed by atoms with E-state index >= 15 is 0 Å². The topological polar surface area (TPSA) is 46.2 Å². The van der Waals surface area contributed by atoms with Crippen molar-refractivity contribution in [2.24, 2.45) is 0 Å². The molecular weight excluding hydrogens is 277 g/mol. The van der Waals surface area contributed by atoms with Crippen molar-refractivity contribution < 1.29 is 8.42 Å². The Labute approximate surface area is 103 Å². The van der Waals surface area contributed by atoms with Crippen molar-refractivity contribution in [1.82, 2.24) is 4.72 Å². The summed E-state index contributed by atoms with van der Waals surface area (Å²) in [7, 11) is -3.47. The van der Waals surface area contributed by atoms with Gasteiger partial charge >= 0.3 is 0 Å². The molecule has 0 bridgehead atoms. The van der Waals surface area contributed by atoms with Crippen LogP contribution in [0.2, 0.25) is 4.34 Å². The van der Waals surface area contributed by atoms with Crippen LogP contribution in [-0.4, -0.2) is 20.3 Å². The molecule has 86 valence electrons. The fraction of sp³-hybridized carbons (Fsp3) is 0.500. The fourth-order valence-electron chi connectivity index (χ4n) is 0.919. The molecule has 0 aliphatic heterocycles. The van der Waals surface area contributed by atoms with Gasteiger partial charge in [0.05, 0.1) is 4.34 Å². The molecule has 1 atom stereocenters. The van der Waals surface area contributed by atoms with Crippen LogP contribution in [-0.2, 0) is 10.0 Å². The second kappa shape index (κ2) is 5.01. The second-order valence-corrected chi connectivity index (χ2v) is 7.10. The quantitative estimate of drug-likeness (QED) is 0.866. The van der Waals surface area contributed by atoms with E-state index in [1.165, 1.54) is 0 Å². The van der Waals surface area contributed by atoms with Gasteiger partial charge in [0.25, 0.3) is 0 Å². The molecule has 1 heterocycles. The molecule has 0 radical (unpaired) electrons. The van der Waals surface area contributed by atoms with Gasteiger partial charge in [0.1, 0.15) is 4.21 Å². The Morgan fingerprint density at radius 2 is 2.20 bits per heavy atom. The van der Waals surface area contributed by atoms with Gasteiger partial charge < -0.3 is 0 Å². The van der Waals surface area contributed by atoms with E-state index in [-0.39, 0.29) is 16.1 Å². The Bertz CT molecular complexity index is 422.